The van der Waals surface area contributed by atoms with Gasteiger partial charge >= 0.3 is 5.69 Å². The van der Waals surface area contributed by atoms with Gasteiger partial charge < -0.3 is 15.2 Å². The van der Waals surface area contributed by atoms with Crippen LogP contribution in [-0.4, -0.2) is 40.4 Å². The van der Waals surface area contributed by atoms with E-state index in [2.05, 4.69) is 9.72 Å². The van der Waals surface area contributed by atoms with E-state index in [1.54, 1.807) is 12.3 Å². The predicted octanol–water partition coefficient (Wildman–Crippen LogP) is 0.938. The Kier molecular flexibility index (Phi) is 5.37. The smallest absolute Gasteiger partial charge is 0.351 e. The molecule has 0 aliphatic carbocycles. The lowest BCUT2D eigenvalue weighted by molar-refractivity contribution is -0.184. The lowest BCUT2D eigenvalue weighted by Gasteiger charge is -2.09. The van der Waals surface area contributed by atoms with Crippen molar-refractivity contribution < 1.29 is 14.2 Å². The van der Waals surface area contributed by atoms with Crippen molar-refractivity contribution in [3.63, 3.8) is 0 Å². The van der Waals surface area contributed by atoms with Gasteiger partial charge in [0.15, 0.2) is 6.61 Å². The molecule has 1 aliphatic heterocycles. The number of anilines is 1. The highest BCUT2D eigenvalue weighted by Gasteiger charge is 2.33. The Balaban J connectivity index is 1.43. The van der Waals surface area contributed by atoms with Crippen LogP contribution in [0.1, 0.15) is 11.8 Å². The summed E-state index contributed by atoms with van der Waals surface area (Å²) in [5.41, 5.74) is 6.16. The van der Waals surface area contributed by atoms with E-state index in [1.807, 2.05) is 42.5 Å². The lowest BCUT2D eigenvalue weighted by atomic mass is 10.2. The summed E-state index contributed by atoms with van der Waals surface area (Å²) >= 11 is 0. The van der Waals surface area contributed by atoms with Crippen molar-refractivity contribution in [2.75, 3.05) is 25.6 Å². The summed E-state index contributed by atoms with van der Waals surface area (Å²) in [6.07, 6.45) is 4.66. The summed E-state index contributed by atoms with van der Waals surface area (Å²) in [6.45, 7) is 1.20. The summed E-state index contributed by atoms with van der Waals surface area (Å²) in [4.78, 5) is 15.5. The van der Waals surface area contributed by atoms with Gasteiger partial charge in [0.05, 0.1) is 6.61 Å². The molecule has 0 unspecified atom stereocenters. The minimum absolute atomic E-state index is 0.191. The molecule has 1 aromatic carbocycles. The topological polar surface area (TPSA) is 92.2 Å². The Bertz CT molecular complexity index is 745. The maximum atomic E-state index is 11.8. The first-order valence-corrected chi connectivity index (χ1v) is 7.68. The maximum absolute atomic E-state index is 11.8. The van der Waals surface area contributed by atoms with Gasteiger partial charge in [-0.05, 0) is 11.6 Å². The van der Waals surface area contributed by atoms with Crippen LogP contribution in [0.3, 0.4) is 0 Å². The molecule has 2 heterocycles. The Hall–Kier alpha value is -2.48. The van der Waals surface area contributed by atoms with Crippen LogP contribution in [-0.2, 0) is 9.47 Å². The van der Waals surface area contributed by atoms with Crippen LogP contribution in [0.15, 0.2) is 53.5 Å². The zero-order chi connectivity index (χ0) is 16.8. The number of nitrogens with zero attached hydrogens (tertiary/aromatic N) is 2. The Labute approximate surface area is 139 Å². The van der Waals surface area contributed by atoms with E-state index >= 15 is 0 Å². The van der Waals surface area contributed by atoms with Gasteiger partial charge in [-0.25, -0.2) is 4.79 Å². The van der Waals surface area contributed by atoms with Gasteiger partial charge in [0.25, 0.3) is 6.29 Å². The second-order valence-electron chi connectivity index (χ2n) is 5.30. The van der Waals surface area contributed by atoms with Crippen LogP contribution in [0.5, 0.6) is 0 Å². The molecule has 0 radical (unpaired) electrons. The molecule has 0 amide bonds. The fourth-order valence-electron chi connectivity index (χ4n) is 2.35. The number of rotatable bonds is 6. The molecule has 2 aromatic rings. The molecule has 7 nitrogen and oxygen atoms in total. The highest BCUT2D eigenvalue weighted by molar-refractivity contribution is 5.48. The summed E-state index contributed by atoms with van der Waals surface area (Å²) in [6, 6.07) is 11.6. The zero-order valence-electron chi connectivity index (χ0n) is 13.1. The number of benzene rings is 1. The normalized spacial score (nSPS) is 20.7. The first-order chi connectivity index (χ1) is 11.7. The Morgan fingerprint density at radius 2 is 2.21 bits per heavy atom. The number of nitrogens with two attached hydrogens (primary N) is 1. The molecular weight excluding hydrogens is 310 g/mol. The molecule has 1 aliphatic rings. The van der Waals surface area contributed by atoms with Crippen LogP contribution in [0.2, 0.25) is 0 Å². The third kappa shape index (κ3) is 4.29. The third-order valence-corrected chi connectivity index (χ3v) is 3.53. The first-order valence-electron chi connectivity index (χ1n) is 7.68. The van der Waals surface area contributed by atoms with E-state index < -0.39 is 11.9 Å². The average Bonchev–Trinajstić information content (AvgIpc) is 3.04. The van der Waals surface area contributed by atoms with Crippen molar-refractivity contribution in [3.8, 4) is 0 Å². The molecular formula is C17H20N3O4+. The quantitative estimate of drug-likeness (QED) is 0.628. The number of aliphatic hydroxyl groups is 2. The van der Waals surface area contributed by atoms with Crippen molar-refractivity contribution in [1.29, 1.82) is 0 Å². The summed E-state index contributed by atoms with van der Waals surface area (Å²) in [7, 11) is 0. The molecule has 0 spiro atoms. The summed E-state index contributed by atoms with van der Waals surface area (Å²) < 4.78 is 17.0. The van der Waals surface area contributed by atoms with E-state index in [4.69, 9.17) is 15.2 Å². The van der Waals surface area contributed by atoms with E-state index in [-0.39, 0.29) is 12.1 Å². The second kappa shape index (κ2) is 7.87. The highest BCUT2D eigenvalue weighted by Crippen LogP contribution is 2.17. The van der Waals surface area contributed by atoms with Gasteiger partial charge in [-0.3, -0.25) is 9.30 Å². The number of aromatic nitrogens is 2. The van der Waals surface area contributed by atoms with Crippen molar-refractivity contribution in [1.82, 2.24) is 9.55 Å². The van der Waals surface area contributed by atoms with Gasteiger partial charge in [0.2, 0.25) is 6.23 Å². The van der Waals surface area contributed by atoms with Crippen LogP contribution in [0.4, 0.5) is 5.82 Å². The molecule has 1 saturated heterocycles. The molecule has 1 aromatic heterocycles. The molecule has 1 fully saturated rings. The molecule has 24 heavy (non-hydrogen) atoms. The van der Waals surface area contributed by atoms with Gasteiger partial charge in [-0.1, -0.05) is 42.5 Å². The summed E-state index contributed by atoms with van der Waals surface area (Å²) in [5, 5.41) is 0. The number of ether oxygens (including phenoxy) is 3. The fraction of sp³-hybridized carbons (Fsp3) is 0.294. The van der Waals surface area contributed by atoms with Crippen LogP contribution in [0, 0.1) is 0 Å². The monoisotopic (exact) mass is 330 g/mol. The first kappa shape index (κ1) is 16.4. The highest BCUT2D eigenvalue weighted by atomic mass is 16.7. The average molecular weight is 330 g/mol. The molecule has 3 N–H and O–H groups in total. The fourth-order valence-corrected chi connectivity index (χ4v) is 2.35. The van der Waals surface area contributed by atoms with Crippen molar-refractivity contribution in [2.24, 2.45) is 0 Å². The maximum Gasteiger partial charge on any atom is 0.351 e. The van der Waals surface area contributed by atoms with E-state index in [0.717, 1.165) is 5.56 Å². The van der Waals surface area contributed by atoms with E-state index in [9.17, 15) is 4.79 Å². The van der Waals surface area contributed by atoms with Crippen LogP contribution < -0.4 is 11.4 Å². The molecule has 0 bridgehead atoms. The van der Waals surface area contributed by atoms with Crippen LogP contribution >= 0.6 is 0 Å². The Morgan fingerprint density at radius 1 is 1.38 bits per heavy atom. The van der Waals surface area contributed by atoms with Crippen molar-refractivity contribution in [3.05, 3.63) is 64.7 Å². The number of hydrogen-bond acceptors (Lipinski definition) is 5. The Morgan fingerprint density at radius 3 is 3.00 bits per heavy atom. The minimum Gasteiger partial charge on any atom is -0.405 e. The molecule has 7 heteroatoms. The SMILES string of the molecule is Nc1ccn([C@@H]2C[OH+][C@H](COC/C=C/c3ccccc3)O2)c(=O)n1. The second-order valence-corrected chi connectivity index (χ2v) is 5.30. The van der Waals surface area contributed by atoms with E-state index in [0.29, 0.717) is 19.8 Å². The molecule has 0 saturated carbocycles. The predicted molar refractivity (Wildman–Crippen MR) is 90.2 cm³/mol. The van der Waals surface area contributed by atoms with Crippen molar-refractivity contribution >= 4 is 11.9 Å². The summed E-state index contributed by atoms with van der Waals surface area (Å²) in [5.74, 6) is 0.191. The largest absolute Gasteiger partial charge is 0.405 e. The molecule has 2 atom stereocenters. The third-order valence-electron chi connectivity index (χ3n) is 3.53. The van der Waals surface area contributed by atoms with Crippen molar-refractivity contribution in [2.45, 2.75) is 12.5 Å². The minimum atomic E-state index is -0.459. The van der Waals surface area contributed by atoms with E-state index in [1.165, 1.54) is 4.57 Å². The lowest BCUT2D eigenvalue weighted by Crippen LogP contribution is -2.28. The number of hydrogen-bond donors (Lipinski definition) is 1. The molecule has 126 valence electrons. The van der Waals surface area contributed by atoms with Gasteiger partial charge in [-0.2, -0.15) is 4.98 Å². The number of nitrogen functional groups attached to an aromatic ring is 1. The van der Waals surface area contributed by atoms with Gasteiger partial charge in [0.1, 0.15) is 12.4 Å². The molecule has 3 rings (SSSR count). The zero-order valence-corrected chi connectivity index (χ0v) is 13.1. The van der Waals surface area contributed by atoms with Crippen LogP contribution in [0.25, 0.3) is 6.08 Å². The van der Waals surface area contributed by atoms with Gasteiger partial charge in [-0.15, -0.1) is 0 Å². The standard InChI is InChI=1S/C17H19N3O4/c18-14-8-9-20(17(21)19-14)15-11-23-16(24-15)12-22-10-4-7-13-5-2-1-3-6-13/h1-9,15-16H,10-12H2,(H2,18,19,21)/p+1/b7-4+/t15-,16-/m0/s1. The van der Waals surface area contributed by atoms with Gasteiger partial charge in [0, 0.05) is 6.20 Å².